The zero-order chi connectivity index (χ0) is 14.4. The first-order chi connectivity index (χ1) is 10.2. The molecule has 3 heterocycles. The third-order valence-corrected chi connectivity index (χ3v) is 4.64. The zero-order valence-electron chi connectivity index (χ0n) is 11.6. The number of nitrogens with one attached hydrogen (secondary N) is 1. The Kier molecular flexibility index (Phi) is 2.91. The summed E-state index contributed by atoms with van der Waals surface area (Å²) in [5.74, 6) is 1.14. The molecular formula is C13H15N5O2S. The minimum Gasteiger partial charge on any atom is -0.360 e. The van der Waals surface area contributed by atoms with Gasteiger partial charge in [0.1, 0.15) is 10.8 Å². The van der Waals surface area contributed by atoms with Crippen molar-refractivity contribution in [2.24, 2.45) is 0 Å². The van der Waals surface area contributed by atoms with Crippen LogP contribution in [0.3, 0.4) is 0 Å². The molecule has 8 heteroatoms. The van der Waals surface area contributed by atoms with Crippen molar-refractivity contribution in [1.29, 1.82) is 0 Å². The van der Waals surface area contributed by atoms with Crippen LogP contribution in [0.2, 0.25) is 0 Å². The van der Waals surface area contributed by atoms with Crippen molar-refractivity contribution in [3.8, 4) is 0 Å². The molecule has 2 aromatic rings. The Morgan fingerprint density at radius 1 is 1.43 bits per heavy atom. The maximum absolute atomic E-state index is 12.1. The van der Waals surface area contributed by atoms with Crippen LogP contribution in [0.25, 0.3) is 0 Å². The summed E-state index contributed by atoms with van der Waals surface area (Å²) < 4.78 is 5.20. The SMILES string of the molecule is Cc1nnc(N2CC(NC(=O)c3cc(C4CC4)on3)C2)s1. The molecule has 110 valence electrons. The predicted molar refractivity (Wildman–Crippen MR) is 76.6 cm³/mol. The van der Waals surface area contributed by atoms with Crippen molar-refractivity contribution < 1.29 is 9.32 Å². The van der Waals surface area contributed by atoms with Crippen LogP contribution in [-0.4, -0.2) is 40.4 Å². The average molecular weight is 305 g/mol. The van der Waals surface area contributed by atoms with Gasteiger partial charge in [-0.3, -0.25) is 4.79 Å². The molecule has 1 saturated carbocycles. The fraction of sp³-hybridized carbons (Fsp3) is 0.538. The first kappa shape index (κ1) is 12.8. The molecule has 1 amide bonds. The molecule has 1 aliphatic carbocycles. The Hall–Kier alpha value is -1.96. The van der Waals surface area contributed by atoms with Gasteiger partial charge in [0.05, 0.1) is 6.04 Å². The number of hydrogen-bond acceptors (Lipinski definition) is 7. The maximum Gasteiger partial charge on any atom is 0.273 e. The van der Waals surface area contributed by atoms with E-state index < -0.39 is 0 Å². The number of carbonyl (C=O) groups excluding carboxylic acids is 1. The first-order valence-electron chi connectivity index (χ1n) is 7.01. The largest absolute Gasteiger partial charge is 0.360 e. The van der Waals surface area contributed by atoms with Gasteiger partial charge >= 0.3 is 0 Å². The second-order valence-corrected chi connectivity index (χ2v) is 6.73. The van der Waals surface area contributed by atoms with Crippen molar-refractivity contribution in [3.05, 3.63) is 22.5 Å². The third-order valence-electron chi connectivity index (χ3n) is 3.74. The molecule has 0 unspecified atom stereocenters. The zero-order valence-corrected chi connectivity index (χ0v) is 12.4. The monoisotopic (exact) mass is 305 g/mol. The van der Waals surface area contributed by atoms with Crippen LogP contribution in [0, 0.1) is 6.92 Å². The van der Waals surface area contributed by atoms with Crippen molar-refractivity contribution in [3.63, 3.8) is 0 Å². The topological polar surface area (TPSA) is 84.2 Å². The fourth-order valence-corrected chi connectivity index (χ4v) is 3.06. The van der Waals surface area contributed by atoms with E-state index in [1.165, 1.54) is 0 Å². The van der Waals surface area contributed by atoms with Gasteiger partial charge in [0.15, 0.2) is 5.69 Å². The number of hydrogen-bond donors (Lipinski definition) is 1. The smallest absolute Gasteiger partial charge is 0.273 e. The summed E-state index contributed by atoms with van der Waals surface area (Å²) in [6, 6.07) is 1.89. The molecule has 2 aromatic heterocycles. The van der Waals surface area contributed by atoms with Gasteiger partial charge in [-0.15, -0.1) is 10.2 Å². The van der Waals surface area contributed by atoms with E-state index in [4.69, 9.17) is 4.52 Å². The van der Waals surface area contributed by atoms with Gasteiger partial charge in [-0.05, 0) is 19.8 Å². The van der Waals surface area contributed by atoms with Crippen LogP contribution in [-0.2, 0) is 0 Å². The summed E-state index contributed by atoms with van der Waals surface area (Å²) >= 11 is 1.57. The third kappa shape index (κ3) is 2.51. The van der Waals surface area contributed by atoms with Crippen LogP contribution < -0.4 is 10.2 Å². The van der Waals surface area contributed by atoms with Crippen LogP contribution in [0.15, 0.2) is 10.6 Å². The summed E-state index contributed by atoms with van der Waals surface area (Å²) in [7, 11) is 0. The van der Waals surface area contributed by atoms with E-state index in [-0.39, 0.29) is 11.9 Å². The van der Waals surface area contributed by atoms with Gasteiger partial charge in [0.2, 0.25) is 5.13 Å². The highest BCUT2D eigenvalue weighted by Gasteiger charge is 2.32. The summed E-state index contributed by atoms with van der Waals surface area (Å²) in [6.07, 6.45) is 2.27. The van der Waals surface area contributed by atoms with E-state index in [0.717, 1.165) is 41.8 Å². The molecule has 0 atom stereocenters. The van der Waals surface area contributed by atoms with Crippen molar-refractivity contribution in [1.82, 2.24) is 20.7 Å². The molecule has 7 nitrogen and oxygen atoms in total. The lowest BCUT2D eigenvalue weighted by atomic mass is 10.1. The molecule has 0 radical (unpaired) electrons. The lowest BCUT2D eigenvalue weighted by Gasteiger charge is -2.38. The van der Waals surface area contributed by atoms with Crippen molar-refractivity contribution in [2.45, 2.75) is 31.7 Å². The van der Waals surface area contributed by atoms with Gasteiger partial charge in [0, 0.05) is 25.1 Å². The molecule has 21 heavy (non-hydrogen) atoms. The highest BCUT2D eigenvalue weighted by molar-refractivity contribution is 7.15. The van der Waals surface area contributed by atoms with Gasteiger partial charge in [-0.2, -0.15) is 0 Å². The minimum atomic E-state index is -0.163. The maximum atomic E-state index is 12.1. The molecule has 1 N–H and O–H groups in total. The van der Waals surface area contributed by atoms with Crippen LogP contribution in [0.4, 0.5) is 5.13 Å². The van der Waals surface area contributed by atoms with Gasteiger partial charge in [-0.1, -0.05) is 16.5 Å². The summed E-state index contributed by atoms with van der Waals surface area (Å²) in [5.41, 5.74) is 0.377. The van der Waals surface area contributed by atoms with Crippen LogP contribution >= 0.6 is 11.3 Å². The molecule has 2 aliphatic rings. The number of aryl methyl sites for hydroxylation is 1. The second kappa shape index (κ2) is 4.80. The summed E-state index contributed by atoms with van der Waals surface area (Å²) in [4.78, 5) is 14.2. The van der Waals surface area contributed by atoms with E-state index in [9.17, 15) is 4.79 Å². The molecule has 4 rings (SSSR count). The number of nitrogens with zero attached hydrogens (tertiary/aromatic N) is 4. The quantitative estimate of drug-likeness (QED) is 0.917. The molecule has 0 bridgehead atoms. The lowest BCUT2D eigenvalue weighted by molar-refractivity contribution is 0.0921. The molecule has 0 aromatic carbocycles. The highest BCUT2D eigenvalue weighted by atomic mass is 32.1. The van der Waals surface area contributed by atoms with Crippen molar-refractivity contribution in [2.75, 3.05) is 18.0 Å². The minimum absolute atomic E-state index is 0.128. The van der Waals surface area contributed by atoms with Gasteiger partial charge in [-0.25, -0.2) is 0 Å². The number of aromatic nitrogens is 3. The number of anilines is 1. The fourth-order valence-electron chi connectivity index (χ4n) is 2.36. The highest BCUT2D eigenvalue weighted by Crippen LogP contribution is 2.40. The Bertz CT molecular complexity index is 672. The average Bonchev–Trinajstić information content (AvgIpc) is 2.99. The first-order valence-corrected chi connectivity index (χ1v) is 7.83. The van der Waals surface area contributed by atoms with Gasteiger partial charge < -0.3 is 14.7 Å². The molecular weight excluding hydrogens is 290 g/mol. The van der Waals surface area contributed by atoms with E-state index >= 15 is 0 Å². The van der Waals surface area contributed by atoms with E-state index in [1.807, 2.05) is 6.92 Å². The Labute approximate surface area is 125 Å². The van der Waals surface area contributed by atoms with Crippen LogP contribution in [0.5, 0.6) is 0 Å². The van der Waals surface area contributed by atoms with Gasteiger partial charge in [0.25, 0.3) is 5.91 Å². The second-order valence-electron chi connectivity index (χ2n) is 5.57. The van der Waals surface area contributed by atoms with Crippen LogP contribution in [0.1, 0.15) is 40.0 Å². The van der Waals surface area contributed by atoms with E-state index in [0.29, 0.717) is 11.6 Å². The Morgan fingerprint density at radius 3 is 2.90 bits per heavy atom. The molecule has 2 fully saturated rings. The lowest BCUT2D eigenvalue weighted by Crippen LogP contribution is -2.59. The normalized spacial score (nSPS) is 18.6. The molecule has 0 spiro atoms. The number of amides is 1. The summed E-state index contributed by atoms with van der Waals surface area (Å²) in [6.45, 7) is 3.45. The van der Waals surface area contributed by atoms with E-state index in [2.05, 4.69) is 25.6 Å². The molecule has 1 aliphatic heterocycles. The number of carbonyl (C=O) groups is 1. The standard InChI is InChI=1S/C13H15N5O2S/c1-7-15-16-13(21-7)18-5-9(6-18)14-12(19)10-4-11(20-17-10)8-2-3-8/h4,8-9H,2-3,5-6H2,1H3,(H,14,19). The molecule has 1 saturated heterocycles. The van der Waals surface area contributed by atoms with Crippen molar-refractivity contribution >= 4 is 22.4 Å². The Balaban J connectivity index is 1.31. The number of rotatable bonds is 4. The Morgan fingerprint density at radius 2 is 2.24 bits per heavy atom. The summed E-state index contributed by atoms with van der Waals surface area (Å²) in [5, 5.41) is 16.8. The van der Waals surface area contributed by atoms with E-state index in [1.54, 1.807) is 17.4 Å². The predicted octanol–water partition coefficient (Wildman–Crippen LogP) is 1.33.